The minimum absolute atomic E-state index is 0.0417. The fraction of sp³-hybridized carbons (Fsp3) is 0.355. The standard InChI is InChI=1S/C31H34N4O/c1-31(2)14-17-35(31)30(36)25-10-8-24(9-11-25)28-20-33-29-27(28)18-26(19-32-29)22-6-4-21(5-7-22)23-12-15-34(3)16-13-23/h4-11,18-20,23H,12-17H2,1-3H3,(H,32,33). The molecule has 0 spiro atoms. The van der Waals surface area contributed by atoms with Crippen LogP contribution >= 0.6 is 0 Å². The summed E-state index contributed by atoms with van der Waals surface area (Å²) in [4.78, 5) is 25.3. The Morgan fingerprint density at radius 3 is 2.28 bits per heavy atom. The molecule has 4 aromatic rings. The van der Waals surface area contributed by atoms with E-state index in [4.69, 9.17) is 4.98 Å². The molecule has 2 aliphatic rings. The minimum atomic E-state index is -0.0417. The van der Waals surface area contributed by atoms with Gasteiger partial charge in [-0.25, -0.2) is 4.98 Å². The highest BCUT2D eigenvalue weighted by molar-refractivity contribution is 5.98. The van der Waals surface area contributed by atoms with Crippen molar-refractivity contribution in [3.8, 4) is 22.3 Å². The zero-order valence-corrected chi connectivity index (χ0v) is 21.4. The summed E-state index contributed by atoms with van der Waals surface area (Å²) >= 11 is 0. The summed E-state index contributed by atoms with van der Waals surface area (Å²) < 4.78 is 0. The summed E-state index contributed by atoms with van der Waals surface area (Å²) in [6.07, 6.45) is 7.48. The maximum atomic E-state index is 12.9. The van der Waals surface area contributed by atoms with Crippen LogP contribution in [0.1, 0.15) is 54.9 Å². The Labute approximate surface area is 213 Å². The van der Waals surface area contributed by atoms with Crippen molar-refractivity contribution >= 4 is 16.9 Å². The van der Waals surface area contributed by atoms with Crippen LogP contribution in [-0.4, -0.2) is 57.9 Å². The number of hydrogen-bond donors (Lipinski definition) is 1. The van der Waals surface area contributed by atoms with Crippen LogP contribution in [0.4, 0.5) is 0 Å². The Morgan fingerprint density at radius 1 is 0.944 bits per heavy atom. The van der Waals surface area contributed by atoms with Gasteiger partial charge in [-0.3, -0.25) is 4.79 Å². The molecule has 0 atom stereocenters. The number of aromatic nitrogens is 2. The number of H-pyrrole nitrogens is 1. The first-order chi connectivity index (χ1) is 17.4. The number of carbonyl (C=O) groups is 1. The van der Waals surface area contributed by atoms with E-state index >= 15 is 0 Å². The van der Waals surface area contributed by atoms with E-state index in [-0.39, 0.29) is 11.4 Å². The Balaban J connectivity index is 1.25. The predicted octanol–water partition coefficient (Wildman–Crippen LogP) is 6.33. The summed E-state index contributed by atoms with van der Waals surface area (Å²) in [5, 5.41) is 1.09. The maximum Gasteiger partial charge on any atom is 0.254 e. The largest absolute Gasteiger partial charge is 0.346 e. The molecule has 184 valence electrons. The molecule has 0 radical (unpaired) electrons. The lowest BCUT2D eigenvalue weighted by Crippen LogP contribution is -2.58. The average Bonchev–Trinajstić information content (AvgIpc) is 3.32. The quantitative estimate of drug-likeness (QED) is 0.373. The van der Waals surface area contributed by atoms with Gasteiger partial charge in [0, 0.05) is 46.6 Å². The van der Waals surface area contributed by atoms with Crippen molar-refractivity contribution in [3.05, 3.63) is 78.1 Å². The van der Waals surface area contributed by atoms with Crippen molar-refractivity contribution in [2.75, 3.05) is 26.7 Å². The summed E-state index contributed by atoms with van der Waals surface area (Å²) in [5.41, 5.74) is 7.51. The van der Waals surface area contributed by atoms with Gasteiger partial charge in [-0.2, -0.15) is 0 Å². The Kier molecular flexibility index (Phi) is 5.68. The van der Waals surface area contributed by atoms with Crippen molar-refractivity contribution in [2.45, 2.75) is 44.6 Å². The Hall–Kier alpha value is -3.44. The molecule has 5 heteroatoms. The van der Waals surface area contributed by atoms with Crippen molar-refractivity contribution in [2.24, 2.45) is 0 Å². The number of carbonyl (C=O) groups excluding carboxylic acids is 1. The molecule has 5 nitrogen and oxygen atoms in total. The molecule has 36 heavy (non-hydrogen) atoms. The molecule has 2 aliphatic heterocycles. The predicted molar refractivity (Wildman–Crippen MR) is 146 cm³/mol. The van der Waals surface area contributed by atoms with Crippen LogP contribution in [0, 0.1) is 0 Å². The molecule has 2 saturated heterocycles. The highest BCUT2D eigenvalue weighted by Gasteiger charge is 2.39. The van der Waals surface area contributed by atoms with Gasteiger partial charge in [0.2, 0.25) is 0 Å². The third kappa shape index (κ3) is 4.11. The number of likely N-dealkylation sites (tertiary alicyclic amines) is 2. The lowest BCUT2D eigenvalue weighted by atomic mass is 9.88. The van der Waals surface area contributed by atoms with Gasteiger partial charge in [-0.15, -0.1) is 0 Å². The number of rotatable bonds is 4. The summed E-state index contributed by atoms with van der Waals surface area (Å²) in [5.74, 6) is 0.776. The second-order valence-electron chi connectivity index (χ2n) is 11.1. The average molecular weight is 479 g/mol. The van der Waals surface area contributed by atoms with E-state index in [2.05, 4.69) is 61.1 Å². The number of piperidine rings is 1. The Bertz CT molecular complexity index is 1390. The number of amides is 1. The van der Waals surface area contributed by atoms with Gasteiger partial charge < -0.3 is 14.8 Å². The molecule has 4 heterocycles. The van der Waals surface area contributed by atoms with Crippen LogP contribution in [0.3, 0.4) is 0 Å². The molecular weight excluding hydrogens is 444 g/mol. The van der Waals surface area contributed by atoms with E-state index in [9.17, 15) is 4.79 Å². The Morgan fingerprint density at radius 2 is 1.64 bits per heavy atom. The SMILES string of the molecule is CN1CCC(c2ccc(-c3cnc4[nH]cc(-c5ccc(C(=O)N6CCC6(C)C)cc5)c4c3)cc2)CC1. The number of hydrogen-bond acceptors (Lipinski definition) is 3. The minimum Gasteiger partial charge on any atom is -0.346 e. The third-order valence-electron chi connectivity index (χ3n) is 8.33. The number of nitrogens with one attached hydrogen (secondary N) is 1. The smallest absolute Gasteiger partial charge is 0.254 e. The van der Waals surface area contributed by atoms with Gasteiger partial charge in [0.1, 0.15) is 5.65 Å². The van der Waals surface area contributed by atoms with Gasteiger partial charge in [-0.05, 0) is 94.1 Å². The molecule has 1 N–H and O–H groups in total. The summed E-state index contributed by atoms with van der Waals surface area (Å²) in [7, 11) is 2.21. The number of nitrogens with zero attached hydrogens (tertiary/aromatic N) is 3. The van der Waals surface area contributed by atoms with Crippen LogP contribution in [0.15, 0.2) is 67.0 Å². The maximum absolute atomic E-state index is 12.9. The van der Waals surface area contributed by atoms with Gasteiger partial charge in [0.25, 0.3) is 5.91 Å². The van der Waals surface area contributed by atoms with E-state index < -0.39 is 0 Å². The third-order valence-corrected chi connectivity index (χ3v) is 8.33. The van der Waals surface area contributed by atoms with E-state index in [1.807, 2.05) is 41.6 Å². The normalized spacial score (nSPS) is 18.4. The topological polar surface area (TPSA) is 52.2 Å². The van der Waals surface area contributed by atoms with E-state index in [0.29, 0.717) is 5.92 Å². The highest BCUT2D eigenvalue weighted by Crippen LogP contribution is 2.34. The number of aromatic amines is 1. The first-order valence-electron chi connectivity index (χ1n) is 13.1. The second-order valence-corrected chi connectivity index (χ2v) is 11.1. The van der Waals surface area contributed by atoms with E-state index in [1.165, 1.54) is 37.1 Å². The number of pyridine rings is 1. The summed E-state index contributed by atoms with van der Waals surface area (Å²) in [6.45, 7) is 7.44. The van der Waals surface area contributed by atoms with Crippen molar-refractivity contribution in [3.63, 3.8) is 0 Å². The van der Waals surface area contributed by atoms with Crippen LogP contribution in [0.5, 0.6) is 0 Å². The van der Waals surface area contributed by atoms with Crippen LogP contribution in [-0.2, 0) is 0 Å². The summed E-state index contributed by atoms with van der Waals surface area (Å²) in [6, 6.07) is 19.3. The molecule has 0 bridgehead atoms. The number of benzene rings is 2. The molecule has 6 rings (SSSR count). The highest BCUT2D eigenvalue weighted by atomic mass is 16.2. The molecule has 0 unspecified atom stereocenters. The first-order valence-corrected chi connectivity index (χ1v) is 13.1. The zero-order valence-electron chi connectivity index (χ0n) is 21.4. The molecule has 2 aromatic heterocycles. The van der Waals surface area contributed by atoms with Crippen molar-refractivity contribution in [1.29, 1.82) is 0 Å². The van der Waals surface area contributed by atoms with Crippen molar-refractivity contribution in [1.82, 2.24) is 19.8 Å². The molecule has 2 aromatic carbocycles. The van der Waals surface area contributed by atoms with Crippen molar-refractivity contribution < 1.29 is 4.79 Å². The molecule has 0 aliphatic carbocycles. The van der Waals surface area contributed by atoms with Crippen LogP contribution in [0.25, 0.3) is 33.3 Å². The van der Waals surface area contributed by atoms with E-state index in [1.54, 1.807) is 0 Å². The monoisotopic (exact) mass is 478 g/mol. The lowest BCUT2D eigenvalue weighted by molar-refractivity contribution is 0.0157. The molecule has 1 amide bonds. The van der Waals surface area contributed by atoms with Gasteiger partial charge >= 0.3 is 0 Å². The molecule has 0 saturated carbocycles. The fourth-order valence-corrected chi connectivity index (χ4v) is 5.69. The zero-order chi connectivity index (χ0) is 24.9. The van der Waals surface area contributed by atoms with E-state index in [0.717, 1.165) is 46.3 Å². The fourth-order valence-electron chi connectivity index (χ4n) is 5.69. The van der Waals surface area contributed by atoms with Gasteiger partial charge in [0.05, 0.1) is 0 Å². The molecule has 2 fully saturated rings. The number of fused-ring (bicyclic) bond motifs is 1. The second kappa shape index (κ2) is 8.90. The van der Waals surface area contributed by atoms with Crippen LogP contribution < -0.4 is 0 Å². The lowest BCUT2D eigenvalue weighted by Gasteiger charge is -2.48. The van der Waals surface area contributed by atoms with Gasteiger partial charge in [-0.1, -0.05) is 36.4 Å². The van der Waals surface area contributed by atoms with Crippen LogP contribution in [0.2, 0.25) is 0 Å². The molecular formula is C31H34N4O. The first kappa shape index (κ1) is 23.0. The van der Waals surface area contributed by atoms with Gasteiger partial charge in [0.15, 0.2) is 0 Å².